The first-order valence-electron chi connectivity index (χ1n) is 8.79. The van der Waals surface area contributed by atoms with Crippen LogP contribution in [-0.2, 0) is 19.3 Å². The number of rotatable bonds is 6. The normalized spacial score (nSPS) is 13.3. The van der Waals surface area contributed by atoms with Crippen molar-refractivity contribution >= 4 is 5.96 Å². The third-order valence-electron chi connectivity index (χ3n) is 4.39. The number of guanidine groups is 1. The van der Waals surface area contributed by atoms with Gasteiger partial charge in [-0.25, -0.2) is 8.78 Å². The molecular weight excluding hydrogens is 336 g/mol. The highest BCUT2D eigenvalue weighted by atomic mass is 19.1. The Hall–Kier alpha value is -2.63. The summed E-state index contributed by atoms with van der Waals surface area (Å²) >= 11 is 0. The van der Waals surface area contributed by atoms with Gasteiger partial charge in [-0.3, -0.25) is 4.99 Å². The number of nitrogens with one attached hydrogen (secondary N) is 2. The van der Waals surface area contributed by atoms with Crippen LogP contribution in [-0.4, -0.2) is 32.7 Å². The lowest BCUT2D eigenvalue weighted by molar-refractivity contribution is 0.357. The van der Waals surface area contributed by atoms with Gasteiger partial charge in [0.1, 0.15) is 17.4 Å². The Bertz CT molecular complexity index is 793. The van der Waals surface area contributed by atoms with E-state index in [9.17, 15) is 8.78 Å². The number of aliphatic imine (C=N–C) groups is 1. The summed E-state index contributed by atoms with van der Waals surface area (Å²) in [5.41, 5.74) is 3.01. The standard InChI is InChI=1S/C20H23F2N3O/c1-23-20(25-10-7-15-3-4-17(21)13-18(15)22)24-9-6-14-2-5-19-16(12-14)8-11-26-19/h2-5,12-13H,6-11H2,1H3,(H2,23,24,25). The molecule has 0 atom stereocenters. The number of ether oxygens (including phenoxy) is 1. The minimum Gasteiger partial charge on any atom is -0.493 e. The predicted molar refractivity (Wildman–Crippen MR) is 98.8 cm³/mol. The summed E-state index contributed by atoms with van der Waals surface area (Å²) in [6.45, 7) is 2.02. The zero-order chi connectivity index (χ0) is 18.4. The fourth-order valence-corrected chi connectivity index (χ4v) is 2.98. The fourth-order valence-electron chi connectivity index (χ4n) is 2.98. The van der Waals surface area contributed by atoms with Crippen molar-refractivity contribution < 1.29 is 13.5 Å². The molecule has 0 radical (unpaired) electrons. The van der Waals surface area contributed by atoms with Crippen LogP contribution in [0.3, 0.4) is 0 Å². The Balaban J connectivity index is 1.42. The second-order valence-electron chi connectivity index (χ2n) is 6.20. The van der Waals surface area contributed by atoms with Gasteiger partial charge in [0, 0.05) is 32.6 Å². The number of nitrogens with zero attached hydrogens (tertiary/aromatic N) is 1. The Morgan fingerprint density at radius 1 is 1.08 bits per heavy atom. The quantitative estimate of drug-likeness (QED) is 0.616. The maximum Gasteiger partial charge on any atom is 0.190 e. The molecule has 1 aliphatic rings. The van der Waals surface area contributed by atoms with Crippen molar-refractivity contribution in [3.63, 3.8) is 0 Å². The number of hydrogen-bond donors (Lipinski definition) is 2. The van der Waals surface area contributed by atoms with Gasteiger partial charge in [0.2, 0.25) is 0 Å². The summed E-state index contributed by atoms with van der Waals surface area (Å²) in [7, 11) is 1.69. The second kappa shape index (κ2) is 8.65. The van der Waals surface area contributed by atoms with E-state index in [-0.39, 0.29) is 0 Å². The fraction of sp³-hybridized carbons (Fsp3) is 0.350. The van der Waals surface area contributed by atoms with Crippen LogP contribution in [0.5, 0.6) is 5.75 Å². The van der Waals surface area contributed by atoms with Crippen molar-refractivity contribution in [3.8, 4) is 5.75 Å². The molecule has 4 nitrogen and oxygen atoms in total. The van der Waals surface area contributed by atoms with Crippen LogP contribution in [0.2, 0.25) is 0 Å². The van der Waals surface area contributed by atoms with E-state index in [2.05, 4.69) is 27.8 Å². The molecule has 3 rings (SSSR count). The van der Waals surface area contributed by atoms with Crippen LogP contribution < -0.4 is 15.4 Å². The van der Waals surface area contributed by atoms with Crippen molar-refractivity contribution in [1.29, 1.82) is 0 Å². The van der Waals surface area contributed by atoms with E-state index in [0.717, 1.165) is 37.8 Å². The van der Waals surface area contributed by atoms with Crippen LogP contribution in [0.25, 0.3) is 0 Å². The minimum absolute atomic E-state index is 0.456. The van der Waals surface area contributed by atoms with Crippen LogP contribution in [0.15, 0.2) is 41.4 Å². The van der Waals surface area contributed by atoms with E-state index in [1.807, 2.05) is 6.07 Å². The molecule has 0 aromatic heterocycles. The van der Waals surface area contributed by atoms with E-state index in [1.54, 1.807) is 7.05 Å². The Kier molecular flexibility index (Phi) is 6.04. The van der Waals surface area contributed by atoms with Gasteiger partial charge in [0.15, 0.2) is 5.96 Å². The van der Waals surface area contributed by atoms with Crippen LogP contribution in [0, 0.1) is 11.6 Å². The number of benzene rings is 2. The molecule has 0 unspecified atom stereocenters. The lowest BCUT2D eigenvalue weighted by Gasteiger charge is -2.12. The summed E-state index contributed by atoms with van der Waals surface area (Å²) in [6.07, 6.45) is 2.30. The van der Waals surface area contributed by atoms with E-state index in [0.29, 0.717) is 24.5 Å². The average Bonchev–Trinajstić information content (AvgIpc) is 3.10. The molecule has 2 N–H and O–H groups in total. The highest BCUT2D eigenvalue weighted by molar-refractivity contribution is 5.79. The monoisotopic (exact) mass is 359 g/mol. The molecule has 138 valence electrons. The van der Waals surface area contributed by atoms with Crippen molar-refractivity contribution in [2.45, 2.75) is 19.3 Å². The molecule has 0 bridgehead atoms. The van der Waals surface area contributed by atoms with E-state index < -0.39 is 11.6 Å². The molecule has 0 aliphatic carbocycles. The van der Waals surface area contributed by atoms with Crippen LogP contribution >= 0.6 is 0 Å². The first-order chi connectivity index (χ1) is 12.7. The minimum atomic E-state index is -0.560. The smallest absolute Gasteiger partial charge is 0.190 e. The van der Waals surface area contributed by atoms with E-state index in [1.165, 1.54) is 23.3 Å². The van der Waals surface area contributed by atoms with Gasteiger partial charge in [-0.05, 0) is 41.7 Å². The number of hydrogen-bond acceptors (Lipinski definition) is 2. The lowest BCUT2D eigenvalue weighted by atomic mass is 10.1. The summed E-state index contributed by atoms with van der Waals surface area (Å²) in [6, 6.07) is 9.95. The first-order valence-corrected chi connectivity index (χ1v) is 8.79. The van der Waals surface area contributed by atoms with Crippen molar-refractivity contribution in [2.24, 2.45) is 4.99 Å². The highest BCUT2D eigenvalue weighted by Crippen LogP contribution is 2.25. The van der Waals surface area contributed by atoms with Gasteiger partial charge in [-0.1, -0.05) is 18.2 Å². The Morgan fingerprint density at radius 2 is 1.88 bits per heavy atom. The molecule has 26 heavy (non-hydrogen) atoms. The first kappa shape index (κ1) is 18.2. The average molecular weight is 359 g/mol. The van der Waals surface area contributed by atoms with Crippen molar-refractivity contribution in [2.75, 3.05) is 26.7 Å². The van der Waals surface area contributed by atoms with Gasteiger partial charge in [0.25, 0.3) is 0 Å². The molecule has 0 fully saturated rings. The van der Waals surface area contributed by atoms with Crippen LogP contribution in [0.4, 0.5) is 8.78 Å². The Morgan fingerprint density at radius 3 is 2.65 bits per heavy atom. The van der Waals surface area contributed by atoms with E-state index in [4.69, 9.17) is 4.74 Å². The largest absolute Gasteiger partial charge is 0.493 e. The molecule has 0 spiro atoms. The predicted octanol–water partition coefficient (Wildman–Crippen LogP) is 2.85. The topological polar surface area (TPSA) is 45.7 Å². The second-order valence-corrected chi connectivity index (χ2v) is 6.20. The van der Waals surface area contributed by atoms with Gasteiger partial charge in [-0.15, -0.1) is 0 Å². The number of halogens is 2. The van der Waals surface area contributed by atoms with Crippen LogP contribution in [0.1, 0.15) is 16.7 Å². The third kappa shape index (κ3) is 4.71. The van der Waals surface area contributed by atoms with Gasteiger partial charge in [0.05, 0.1) is 6.61 Å². The number of fused-ring (bicyclic) bond motifs is 1. The summed E-state index contributed by atoms with van der Waals surface area (Å²) in [5.74, 6) is 0.578. The molecule has 2 aromatic carbocycles. The summed E-state index contributed by atoms with van der Waals surface area (Å²) < 4.78 is 32.0. The molecule has 2 aromatic rings. The zero-order valence-electron chi connectivity index (χ0n) is 14.8. The molecule has 1 heterocycles. The van der Waals surface area contributed by atoms with Crippen molar-refractivity contribution in [3.05, 3.63) is 64.7 Å². The zero-order valence-corrected chi connectivity index (χ0v) is 14.8. The maximum absolute atomic E-state index is 13.6. The van der Waals surface area contributed by atoms with Gasteiger partial charge in [-0.2, -0.15) is 0 Å². The maximum atomic E-state index is 13.6. The van der Waals surface area contributed by atoms with Crippen molar-refractivity contribution in [1.82, 2.24) is 10.6 Å². The summed E-state index contributed by atoms with van der Waals surface area (Å²) in [5, 5.41) is 6.40. The van der Waals surface area contributed by atoms with E-state index >= 15 is 0 Å². The molecule has 1 aliphatic heterocycles. The molecule has 0 saturated carbocycles. The van der Waals surface area contributed by atoms with Gasteiger partial charge < -0.3 is 15.4 Å². The lowest BCUT2D eigenvalue weighted by Crippen LogP contribution is -2.39. The molecule has 0 saturated heterocycles. The summed E-state index contributed by atoms with van der Waals surface area (Å²) in [4.78, 5) is 4.17. The molecular formula is C20H23F2N3O. The highest BCUT2D eigenvalue weighted by Gasteiger charge is 2.11. The molecule has 0 amide bonds. The third-order valence-corrected chi connectivity index (χ3v) is 4.39. The SMILES string of the molecule is CN=C(NCCc1ccc2c(c1)CCO2)NCCc1ccc(F)cc1F. The van der Waals surface area contributed by atoms with Gasteiger partial charge >= 0.3 is 0 Å². The molecule has 6 heteroatoms. The Labute approximate surface area is 152 Å².